The Labute approximate surface area is 116 Å². The Kier molecular flexibility index (Phi) is 4.74. The molecule has 1 fully saturated rings. The van der Waals surface area contributed by atoms with Crippen molar-refractivity contribution in [3.8, 4) is 0 Å². The van der Waals surface area contributed by atoms with Gasteiger partial charge in [0.2, 0.25) is 5.91 Å². The van der Waals surface area contributed by atoms with Gasteiger partial charge in [-0.1, -0.05) is 6.07 Å². The van der Waals surface area contributed by atoms with Crippen LogP contribution in [0.5, 0.6) is 0 Å². The summed E-state index contributed by atoms with van der Waals surface area (Å²) in [7, 11) is 0. The molecule has 0 saturated carbocycles. The molecule has 1 aliphatic heterocycles. The van der Waals surface area contributed by atoms with Gasteiger partial charge in [0.05, 0.1) is 6.61 Å². The second-order valence-corrected chi connectivity index (χ2v) is 5.27. The molecule has 1 aromatic rings. The van der Waals surface area contributed by atoms with Crippen LogP contribution in [-0.2, 0) is 14.3 Å². The van der Waals surface area contributed by atoms with Crippen molar-refractivity contribution in [2.45, 2.75) is 25.8 Å². The quantitative estimate of drug-likeness (QED) is 0.627. The molecule has 0 N–H and O–H groups in total. The highest BCUT2D eigenvalue weighted by Gasteiger charge is 2.33. The van der Waals surface area contributed by atoms with Crippen molar-refractivity contribution in [2.24, 2.45) is 0 Å². The number of amides is 1. The number of hydrogen-bond donors (Lipinski definition) is 0. The maximum atomic E-state index is 12.1. The SMILES string of the molecule is CCOC(=O)C1CCCN1C(=O)/C=C/c1cccs1. The molecule has 5 heteroatoms. The topological polar surface area (TPSA) is 46.6 Å². The van der Waals surface area contributed by atoms with Crippen LogP contribution in [0.15, 0.2) is 23.6 Å². The number of carbonyl (C=O) groups is 2. The van der Waals surface area contributed by atoms with Gasteiger partial charge in [-0.3, -0.25) is 4.79 Å². The summed E-state index contributed by atoms with van der Waals surface area (Å²) in [6.07, 6.45) is 4.86. The lowest BCUT2D eigenvalue weighted by Crippen LogP contribution is -2.40. The van der Waals surface area contributed by atoms with Gasteiger partial charge in [0, 0.05) is 17.5 Å². The van der Waals surface area contributed by atoms with Crippen LogP contribution >= 0.6 is 11.3 Å². The van der Waals surface area contributed by atoms with E-state index in [0.717, 1.165) is 11.3 Å². The number of likely N-dealkylation sites (tertiary alicyclic amines) is 1. The van der Waals surface area contributed by atoms with E-state index in [1.165, 1.54) is 6.08 Å². The molecule has 0 aromatic carbocycles. The van der Waals surface area contributed by atoms with E-state index in [1.54, 1.807) is 29.2 Å². The third-order valence-corrected chi connectivity index (χ3v) is 3.87. The van der Waals surface area contributed by atoms with Crippen molar-refractivity contribution in [3.63, 3.8) is 0 Å². The molecule has 4 nitrogen and oxygen atoms in total. The van der Waals surface area contributed by atoms with Crippen molar-refractivity contribution >= 4 is 29.3 Å². The fourth-order valence-electron chi connectivity index (χ4n) is 2.15. The minimum absolute atomic E-state index is 0.121. The number of thiophene rings is 1. The summed E-state index contributed by atoms with van der Waals surface area (Å²) in [5.74, 6) is -0.415. The van der Waals surface area contributed by atoms with Crippen molar-refractivity contribution in [2.75, 3.05) is 13.2 Å². The lowest BCUT2D eigenvalue weighted by atomic mass is 10.2. The van der Waals surface area contributed by atoms with Gasteiger partial charge in [-0.15, -0.1) is 11.3 Å². The monoisotopic (exact) mass is 279 g/mol. The van der Waals surface area contributed by atoms with Gasteiger partial charge in [0.15, 0.2) is 0 Å². The summed E-state index contributed by atoms with van der Waals surface area (Å²) in [6, 6.07) is 3.47. The highest BCUT2D eigenvalue weighted by atomic mass is 32.1. The van der Waals surface area contributed by atoms with Gasteiger partial charge in [0.1, 0.15) is 6.04 Å². The smallest absolute Gasteiger partial charge is 0.328 e. The third-order valence-electron chi connectivity index (χ3n) is 3.03. The lowest BCUT2D eigenvalue weighted by Gasteiger charge is -2.21. The number of carbonyl (C=O) groups excluding carboxylic acids is 2. The maximum absolute atomic E-state index is 12.1. The van der Waals surface area contributed by atoms with Crippen LogP contribution in [0.1, 0.15) is 24.6 Å². The number of ether oxygens (including phenoxy) is 1. The van der Waals surface area contributed by atoms with E-state index in [1.807, 2.05) is 17.5 Å². The third kappa shape index (κ3) is 3.44. The molecule has 0 spiro atoms. The van der Waals surface area contributed by atoms with Crippen LogP contribution in [0.2, 0.25) is 0 Å². The standard InChI is InChI=1S/C14H17NO3S/c1-2-18-14(17)12-6-3-9-15(12)13(16)8-7-11-5-4-10-19-11/h4-5,7-8,10,12H,2-3,6,9H2,1H3/b8-7+. The molecule has 2 rings (SSSR count). The zero-order chi connectivity index (χ0) is 13.7. The second-order valence-electron chi connectivity index (χ2n) is 4.29. The first-order chi connectivity index (χ1) is 9.22. The molecule has 1 aliphatic rings. The average Bonchev–Trinajstić information content (AvgIpc) is 3.07. The van der Waals surface area contributed by atoms with Crippen molar-refractivity contribution in [1.82, 2.24) is 4.90 Å². The Bertz CT molecular complexity index is 467. The molecule has 1 saturated heterocycles. The van der Waals surface area contributed by atoms with Gasteiger partial charge >= 0.3 is 5.97 Å². The van der Waals surface area contributed by atoms with Crippen molar-refractivity contribution in [3.05, 3.63) is 28.5 Å². The highest BCUT2D eigenvalue weighted by molar-refractivity contribution is 7.10. The summed E-state index contributed by atoms with van der Waals surface area (Å²) in [5, 5.41) is 1.96. The van der Waals surface area contributed by atoms with Gasteiger partial charge in [-0.25, -0.2) is 4.79 Å². The fourth-order valence-corrected chi connectivity index (χ4v) is 2.77. The summed E-state index contributed by atoms with van der Waals surface area (Å²) < 4.78 is 5.00. The molecule has 19 heavy (non-hydrogen) atoms. The molecule has 0 bridgehead atoms. The molecule has 1 aromatic heterocycles. The highest BCUT2D eigenvalue weighted by Crippen LogP contribution is 2.19. The van der Waals surface area contributed by atoms with Crippen LogP contribution < -0.4 is 0 Å². The largest absolute Gasteiger partial charge is 0.464 e. The summed E-state index contributed by atoms with van der Waals surface area (Å²) >= 11 is 1.57. The number of rotatable bonds is 4. The normalized spacial score (nSPS) is 19.0. The molecule has 0 aliphatic carbocycles. The zero-order valence-corrected chi connectivity index (χ0v) is 11.7. The minimum Gasteiger partial charge on any atom is -0.464 e. The Balaban J connectivity index is 1.99. The van der Waals surface area contributed by atoms with E-state index < -0.39 is 6.04 Å². The molecule has 1 atom stereocenters. The van der Waals surface area contributed by atoms with Gasteiger partial charge in [0.25, 0.3) is 0 Å². The predicted octanol–water partition coefficient (Wildman–Crippen LogP) is 2.32. The molecule has 1 unspecified atom stereocenters. The first-order valence-corrected chi connectivity index (χ1v) is 7.29. The summed E-state index contributed by atoms with van der Waals surface area (Å²) in [6.45, 7) is 2.75. The van der Waals surface area contributed by atoms with Crippen molar-refractivity contribution < 1.29 is 14.3 Å². The van der Waals surface area contributed by atoms with Crippen LogP contribution in [0.25, 0.3) is 6.08 Å². The van der Waals surface area contributed by atoms with Crippen LogP contribution in [-0.4, -0.2) is 36.0 Å². The number of nitrogens with zero attached hydrogens (tertiary/aromatic N) is 1. The molecular weight excluding hydrogens is 262 g/mol. The maximum Gasteiger partial charge on any atom is 0.328 e. The Morgan fingerprint density at radius 1 is 1.58 bits per heavy atom. The first kappa shape index (κ1) is 13.8. The number of hydrogen-bond acceptors (Lipinski definition) is 4. The van der Waals surface area contributed by atoms with E-state index in [9.17, 15) is 9.59 Å². The predicted molar refractivity (Wildman–Crippen MR) is 74.7 cm³/mol. The Morgan fingerprint density at radius 3 is 3.11 bits per heavy atom. The van der Waals surface area contributed by atoms with Gasteiger partial charge in [-0.2, -0.15) is 0 Å². The number of esters is 1. The lowest BCUT2D eigenvalue weighted by molar-refractivity contribution is -0.151. The van der Waals surface area contributed by atoms with Crippen molar-refractivity contribution in [1.29, 1.82) is 0 Å². The van der Waals surface area contributed by atoms with E-state index in [-0.39, 0.29) is 11.9 Å². The van der Waals surface area contributed by atoms with Crippen LogP contribution in [0, 0.1) is 0 Å². The molecule has 102 valence electrons. The Morgan fingerprint density at radius 2 is 2.42 bits per heavy atom. The van der Waals surface area contributed by atoms with E-state index in [2.05, 4.69) is 0 Å². The molecule has 1 amide bonds. The summed E-state index contributed by atoms with van der Waals surface area (Å²) in [4.78, 5) is 26.5. The second kappa shape index (κ2) is 6.52. The van der Waals surface area contributed by atoms with Crippen LogP contribution in [0.4, 0.5) is 0 Å². The average molecular weight is 279 g/mol. The molecular formula is C14H17NO3S. The minimum atomic E-state index is -0.416. The van der Waals surface area contributed by atoms with E-state index in [0.29, 0.717) is 19.6 Å². The van der Waals surface area contributed by atoms with Crippen LogP contribution in [0.3, 0.4) is 0 Å². The van der Waals surface area contributed by atoms with Gasteiger partial charge < -0.3 is 9.64 Å². The first-order valence-electron chi connectivity index (χ1n) is 6.41. The Hall–Kier alpha value is -1.62. The molecule has 0 radical (unpaired) electrons. The summed E-state index contributed by atoms with van der Waals surface area (Å²) in [5.41, 5.74) is 0. The zero-order valence-electron chi connectivity index (χ0n) is 10.9. The van der Waals surface area contributed by atoms with E-state index >= 15 is 0 Å². The van der Waals surface area contributed by atoms with E-state index in [4.69, 9.17) is 4.74 Å². The fraction of sp³-hybridized carbons (Fsp3) is 0.429. The molecule has 2 heterocycles. The van der Waals surface area contributed by atoms with Gasteiger partial charge in [-0.05, 0) is 37.3 Å².